The predicted molar refractivity (Wildman–Crippen MR) is 112 cm³/mol. The number of likely N-dealkylation sites (N-methyl/N-ethyl adjacent to an activating group) is 2. The van der Waals surface area contributed by atoms with Crippen molar-refractivity contribution in [2.24, 2.45) is 11.8 Å². The van der Waals surface area contributed by atoms with Crippen LogP contribution in [0.5, 0.6) is 0 Å². The van der Waals surface area contributed by atoms with Crippen LogP contribution >= 0.6 is 0 Å². The molecule has 0 spiro atoms. The van der Waals surface area contributed by atoms with Gasteiger partial charge in [-0.1, -0.05) is 33.8 Å². The number of carbonyl (C=O) groups is 2. The molecule has 9 heteroatoms. The van der Waals surface area contributed by atoms with Crippen LogP contribution in [-0.4, -0.2) is 72.9 Å². The molecule has 2 aliphatic heterocycles. The zero-order valence-corrected chi connectivity index (χ0v) is 18.8. The van der Waals surface area contributed by atoms with Gasteiger partial charge in [0.2, 0.25) is 0 Å². The summed E-state index contributed by atoms with van der Waals surface area (Å²) in [5.41, 5.74) is -2.03. The fraction of sp³-hybridized carbons (Fsp3) is 0.571. The Morgan fingerprint density at radius 2 is 1.17 bits per heavy atom. The van der Waals surface area contributed by atoms with Gasteiger partial charge in [-0.3, -0.25) is 19.4 Å². The van der Waals surface area contributed by atoms with E-state index in [1.807, 2.05) is 27.7 Å². The maximum absolute atomic E-state index is 13.1. The van der Waals surface area contributed by atoms with Crippen LogP contribution in [0.15, 0.2) is 18.2 Å². The van der Waals surface area contributed by atoms with E-state index in [1.165, 1.54) is 9.80 Å². The maximum Gasteiger partial charge on any atom is 0.326 e. The first kappa shape index (κ1) is 21.7. The van der Waals surface area contributed by atoms with Gasteiger partial charge < -0.3 is 10.4 Å². The number of carbonyl (C=O) groups excluding carboxylic acids is 2. The van der Waals surface area contributed by atoms with Crippen molar-refractivity contribution in [2.45, 2.75) is 52.9 Å². The highest BCUT2D eigenvalue weighted by Crippen LogP contribution is 2.32. The second-order valence-corrected chi connectivity index (χ2v) is 8.92. The predicted octanol–water partition coefficient (Wildman–Crippen LogP) is 1.37. The number of aromatic nitrogens is 1. The van der Waals surface area contributed by atoms with Crippen molar-refractivity contribution in [1.82, 2.24) is 14.8 Å². The Balaban J connectivity index is 2.17. The summed E-state index contributed by atoms with van der Waals surface area (Å²) in [7, 11) is 3.17. The lowest BCUT2D eigenvalue weighted by molar-refractivity contribution is -0.570. The molecule has 9 nitrogen and oxygen atoms in total. The third-order valence-electron chi connectivity index (χ3n) is 7.02. The average Bonchev–Trinajstić information content (AvgIpc) is 2.98. The first-order valence-electron chi connectivity index (χ1n) is 10.0. The summed E-state index contributed by atoms with van der Waals surface area (Å²) in [5, 5.41) is 26.2. The van der Waals surface area contributed by atoms with E-state index >= 15 is 0 Å². The second-order valence-electron chi connectivity index (χ2n) is 8.92. The first-order valence-corrected chi connectivity index (χ1v) is 10.0. The van der Waals surface area contributed by atoms with Crippen molar-refractivity contribution >= 4 is 23.2 Å². The Labute approximate surface area is 176 Å². The van der Waals surface area contributed by atoms with Gasteiger partial charge in [-0.2, -0.15) is 9.48 Å². The molecule has 0 saturated carbocycles. The Bertz CT molecular complexity index is 924. The van der Waals surface area contributed by atoms with Crippen LogP contribution in [0, 0.1) is 22.3 Å². The van der Waals surface area contributed by atoms with E-state index in [0.29, 0.717) is 9.48 Å². The van der Waals surface area contributed by atoms with Crippen molar-refractivity contribution in [3.63, 3.8) is 0 Å². The monoisotopic (exact) mass is 415 g/mol. The molecule has 30 heavy (non-hydrogen) atoms. The van der Waals surface area contributed by atoms with E-state index in [-0.39, 0.29) is 34.6 Å². The molecular weight excluding hydrogens is 386 g/mol. The summed E-state index contributed by atoms with van der Waals surface area (Å²) in [4.78, 5) is 33.0. The Hall–Kier alpha value is -2.97. The molecule has 0 aliphatic carbocycles. The zero-order valence-electron chi connectivity index (χ0n) is 18.8. The minimum atomic E-state index is -1.05. The second kappa shape index (κ2) is 6.78. The van der Waals surface area contributed by atoms with Gasteiger partial charge in [0.15, 0.2) is 0 Å². The summed E-state index contributed by atoms with van der Waals surface area (Å²) < 4.78 is 1.37. The van der Waals surface area contributed by atoms with E-state index in [2.05, 4.69) is 4.98 Å². The van der Waals surface area contributed by atoms with E-state index in [1.54, 1.807) is 46.1 Å². The Kier molecular flexibility index (Phi) is 4.91. The molecule has 2 atom stereocenters. The molecule has 2 aliphatic rings. The van der Waals surface area contributed by atoms with Crippen molar-refractivity contribution in [2.75, 3.05) is 14.1 Å². The van der Waals surface area contributed by atoms with Crippen molar-refractivity contribution in [1.29, 1.82) is 0 Å². The maximum atomic E-state index is 13.1. The van der Waals surface area contributed by atoms with Gasteiger partial charge in [0, 0.05) is 39.8 Å². The Morgan fingerprint density at radius 1 is 0.833 bits per heavy atom. The first-order chi connectivity index (χ1) is 13.8. The molecule has 162 valence electrons. The smallest absolute Gasteiger partial charge is 0.326 e. The minimum absolute atomic E-state index is 0.0981. The summed E-state index contributed by atoms with van der Waals surface area (Å²) in [6, 6.07) is 4.68. The highest BCUT2D eigenvalue weighted by molar-refractivity contribution is 6.45. The van der Waals surface area contributed by atoms with Gasteiger partial charge in [-0.25, -0.2) is 4.98 Å². The van der Waals surface area contributed by atoms with E-state index in [9.17, 15) is 20.0 Å². The molecule has 2 amide bonds. The van der Waals surface area contributed by atoms with Crippen LogP contribution < -0.4 is 0 Å². The van der Waals surface area contributed by atoms with Crippen LogP contribution in [0.25, 0.3) is 0 Å². The molecular formula is C21H29N5O4. The number of nitrogens with zero attached hydrogens (tertiary/aromatic N) is 5. The molecule has 0 fully saturated rings. The summed E-state index contributed by atoms with van der Waals surface area (Å²) >= 11 is 0. The van der Waals surface area contributed by atoms with Crippen LogP contribution in [0.3, 0.4) is 0 Å². The third-order valence-corrected chi connectivity index (χ3v) is 7.02. The van der Waals surface area contributed by atoms with E-state index in [0.717, 1.165) is 0 Å². The minimum Gasteiger partial charge on any atom is -0.621 e. The molecule has 0 N–H and O–H groups in total. The number of hydrogen-bond acceptors (Lipinski definition) is 5. The van der Waals surface area contributed by atoms with Gasteiger partial charge in [0.25, 0.3) is 11.3 Å². The fourth-order valence-electron chi connectivity index (χ4n) is 4.00. The molecule has 0 unspecified atom stereocenters. The lowest BCUT2D eigenvalue weighted by atomic mass is 9.98. The number of hydrogen-bond donors (Lipinski definition) is 0. The quantitative estimate of drug-likeness (QED) is 0.545. The van der Waals surface area contributed by atoms with Crippen molar-refractivity contribution in [3.8, 4) is 0 Å². The number of rotatable bonds is 4. The van der Waals surface area contributed by atoms with Crippen LogP contribution in [0.4, 0.5) is 0 Å². The van der Waals surface area contributed by atoms with Gasteiger partial charge in [-0.15, -0.1) is 0 Å². The molecule has 0 radical (unpaired) electrons. The molecule has 3 rings (SSSR count). The summed E-state index contributed by atoms with van der Waals surface area (Å²) in [6.45, 7) is 10.9. The van der Waals surface area contributed by atoms with Gasteiger partial charge >= 0.3 is 23.2 Å². The normalized spacial score (nSPS) is 27.5. The zero-order chi connectivity index (χ0) is 22.8. The number of pyridine rings is 1. The van der Waals surface area contributed by atoms with Crippen molar-refractivity contribution < 1.29 is 19.1 Å². The molecule has 3 heterocycles. The van der Waals surface area contributed by atoms with Gasteiger partial charge in [-0.05, 0) is 12.1 Å². The standard InChI is InChI=1S/C21H29N5O4/c1-12(2)20(5)23(7)18(27)16(25(20)29)14-10-9-11-15(22-14)17-19(28)24(8)21(6,13(3)4)26(17)30/h9-13H,1-8H3/t20-,21-/m0/s1. The molecule has 0 aromatic carbocycles. The number of amides is 2. The van der Waals surface area contributed by atoms with E-state index in [4.69, 9.17) is 0 Å². The molecule has 0 bridgehead atoms. The summed E-state index contributed by atoms with van der Waals surface area (Å²) in [6.07, 6.45) is 0. The fourth-order valence-corrected chi connectivity index (χ4v) is 4.00. The van der Waals surface area contributed by atoms with Crippen LogP contribution in [0.2, 0.25) is 0 Å². The lowest BCUT2D eigenvalue weighted by Crippen LogP contribution is -2.51. The highest BCUT2D eigenvalue weighted by Gasteiger charge is 2.56. The largest absolute Gasteiger partial charge is 0.621 e. The van der Waals surface area contributed by atoms with Gasteiger partial charge in [0.1, 0.15) is 11.4 Å². The van der Waals surface area contributed by atoms with Crippen molar-refractivity contribution in [3.05, 3.63) is 40.0 Å². The van der Waals surface area contributed by atoms with E-state index < -0.39 is 23.1 Å². The average molecular weight is 415 g/mol. The molecule has 1 aromatic heterocycles. The topological polar surface area (TPSA) is 106 Å². The van der Waals surface area contributed by atoms with Crippen LogP contribution in [0.1, 0.15) is 52.9 Å². The third kappa shape index (κ3) is 2.57. The summed E-state index contributed by atoms with van der Waals surface area (Å²) in [5.74, 6) is -1.16. The molecule has 0 saturated heterocycles. The number of hydroxylamine groups is 2. The SMILES string of the molecule is CC(C)[C@@]1(C)N(C)C(=O)C(c2cccc(C3=[N+]([O-])[C@@](C)(C(C)C)N(C)C3=O)n2)=[N+]1[O-]. The molecule has 1 aromatic rings. The van der Waals surface area contributed by atoms with Gasteiger partial charge in [0.05, 0.1) is 0 Å². The lowest BCUT2D eigenvalue weighted by Gasteiger charge is -2.32. The van der Waals surface area contributed by atoms with Crippen LogP contribution in [-0.2, 0) is 9.59 Å². The Morgan fingerprint density at radius 3 is 1.43 bits per heavy atom. The highest BCUT2D eigenvalue weighted by atomic mass is 16.5.